The molecule has 0 aliphatic rings. The van der Waals surface area contributed by atoms with Crippen molar-refractivity contribution in [2.75, 3.05) is 6.61 Å². The Kier molecular flexibility index (Phi) is 4.38. The molecule has 0 heterocycles. The minimum Gasteiger partial charge on any atom is -0.487 e. The SMILES string of the molecule is CCOc1c(C(=O)C(C)C#N)cccc1[N+](=O)[O-]. The van der Waals surface area contributed by atoms with E-state index in [4.69, 9.17) is 10.00 Å². The summed E-state index contributed by atoms with van der Waals surface area (Å²) in [5.74, 6) is -1.42. The maximum Gasteiger partial charge on any atom is 0.311 e. The minimum absolute atomic E-state index is 0.0695. The second-order valence-corrected chi connectivity index (χ2v) is 3.56. The van der Waals surface area contributed by atoms with Crippen LogP contribution in [0.4, 0.5) is 5.69 Å². The lowest BCUT2D eigenvalue weighted by molar-refractivity contribution is -0.385. The molecule has 1 unspecified atom stereocenters. The van der Waals surface area contributed by atoms with Gasteiger partial charge in [0.2, 0.25) is 5.75 Å². The second-order valence-electron chi connectivity index (χ2n) is 3.56. The Morgan fingerprint density at radius 1 is 1.61 bits per heavy atom. The van der Waals surface area contributed by atoms with Crippen LogP contribution in [0.25, 0.3) is 0 Å². The van der Waals surface area contributed by atoms with Crippen LogP contribution in [-0.2, 0) is 0 Å². The number of nitro groups is 1. The zero-order valence-electron chi connectivity index (χ0n) is 10.0. The standard InChI is InChI=1S/C12H12N2O4/c1-3-18-12-9(11(15)8(2)7-13)5-4-6-10(12)14(16)17/h4-6,8H,3H2,1-2H3. The molecule has 94 valence electrons. The Labute approximate surface area is 104 Å². The molecule has 1 atom stereocenters. The smallest absolute Gasteiger partial charge is 0.311 e. The maximum absolute atomic E-state index is 11.9. The molecule has 0 bridgehead atoms. The second kappa shape index (κ2) is 5.77. The molecule has 0 spiro atoms. The van der Waals surface area contributed by atoms with Gasteiger partial charge in [-0.3, -0.25) is 14.9 Å². The van der Waals surface area contributed by atoms with Crippen molar-refractivity contribution in [3.8, 4) is 11.8 Å². The molecular formula is C12H12N2O4. The van der Waals surface area contributed by atoms with E-state index in [-0.39, 0.29) is 23.6 Å². The molecular weight excluding hydrogens is 236 g/mol. The summed E-state index contributed by atoms with van der Waals surface area (Å²) in [7, 11) is 0. The summed E-state index contributed by atoms with van der Waals surface area (Å²) in [4.78, 5) is 22.2. The summed E-state index contributed by atoms with van der Waals surface area (Å²) >= 11 is 0. The van der Waals surface area contributed by atoms with Crippen molar-refractivity contribution in [2.45, 2.75) is 13.8 Å². The summed E-state index contributed by atoms with van der Waals surface area (Å²) in [5, 5.41) is 19.6. The number of ether oxygens (including phenoxy) is 1. The number of hydrogen-bond donors (Lipinski definition) is 0. The highest BCUT2D eigenvalue weighted by Crippen LogP contribution is 2.32. The third-order valence-electron chi connectivity index (χ3n) is 2.33. The van der Waals surface area contributed by atoms with Crippen molar-refractivity contribution in [3.05, 3.63) is 33.9 Å². The molecule has 0 aliphatic heterocycles. The van der Waals surface area contributed by atoms with Crippen LogP contribution in [0.3, 0.4) is 0 Å². The number of ketones is 1. The van der Waals surface area contributed by atoms with Gasteiger partial charge in [-0.25, -0.2) is 0 Å². The third-order valence-corrected chi connectivity index (χ3v) is 2.33. The molecule has 0 aliphatic carbocycles. The molecule has 0 N–H and O–H groups in total. The van der Waals surface area contributed by atoms with E-state index in [0.29, 0.717) is 0 Å². The summed E-state index contributed by atoms with van der Waals surface area (Å²) in [5.41, 5.74) is -0.201. The van der Waals surface area contributed by atoms with Gasteiger partial charge in [0.15, 0.2) is 5.78 Å². The zero-order chi connectivity index (χ0) is 13.7. The fraction of sp³-hybridized carbons (Fsp3) is 0.333. The lowest BCUT2D eigenvalue weighted by Crippen LogP contribution is -2.12. The van der Waals surface area contributed by atoms with Crippen LogP contribution in [0.1, 0.15) is 24.2 Å². The van der Waals surface area contributed by atoms with Crippen molar-refractivity contribution >= 4 is 11.5 Å². The number of benzene rings is 1. The van der Waals surface area contributed by atoms with Gasteiger partial charge in [0.1, 0.15) is 5.92 Å². The largest absolute Gasteiger partial charge is 0.487 e. The van der Waals surface area contributed by atoms with Crippen LogP contribution in [0.5, 0.6) is 5.75 Å². The zero-order valence-corrected chi connectivity index (χ0v) is 10.0. The molecule has 0 saturated carbocycles. The Bertz CT molecular complexity index is 519. The Balaban J connectivity index is 3.36. The van der Waals surface area contributed by atoms with E-state index in [9.17, 15) is 14.9 Å². The van der Waals surface area contributed by atoms with E-state index in [0.717, 1.165) is 0 Å². The van der Waals surface area contributed by atoms with E-state index in [1.54, 1.807) is 13.0 Å². The summed E-state index contributed by atoms with van der Waals surface area (Å²) < 4.78 is 5.17. The molecule has 0 radical (unpaired) electrons. The molecule has 0 saturated heterocycles. The molecule has 18 heavy (non-hydrogen) atoms. The lowest BCUT2D eigenvalue weighted by atomic mass is 9.99. The van der Waals surface area contributed by atoms with Crippen LogP contribution in [0, 0.1) is 27.4 Å². The van der Waals surface area contributed by atoms with Gasteiger partial charge in [0, 0.05) is 6.07 Å². The number of carbonyl (C=O) groups is 1. The highest BCUT2D eigenvalue weighted by Gasteiger charge is 2.25. The van der Waals surface area contributed by atoms with Crippen LogP contribution in [0.15, 0.2) is 18.2 Å². The van der Waals surface area contributed by atoms with Gasteiger partial charge < -0.3 is 4.74 Å². The van der Waals surface area contributed by atoms with Crippen LogP contribution in [0.2, 0.25) is 0 Å². The van der Waals surface area contributed by atoms with Gasteiger partial charge in [-0.15, -0.1) is 0 Å². The topological polar surface area (TPSA) is 93.2 Å². The van der Waals surface area contributed by atoms with E-state index in [2.05, 4.69) is 0 Å². The van der Waals surface area contributed by atoms with Gasteiger partial charge in [0.25, 0.3) is 0 Å². The van der Waals surface area contributed by atoms with Crippen molar-refractivity contribution < 1.29 is 14.5 Å². The lowest BCUT2D eigenvalue weighted by Gasteiger charge is -2.10. The molecule has 0 amide bonds. The van der Waals surface area contributed by atoms with E-state index >= 15 is 0 Å². The van der Waals surface area contributed by atoms with Gasteiger partial charge in [0.05, 0.1) is 23.2 Å². The van der Waals surface area contributed by atoms with Crippen molar-refractivity contribution in [1.82, 2.24) is 0 Å². The Morgan fingerprint density at radius 2 is 2.28 bits per heavy atom. The van der Waals surface area contributed by atoms with Crippen LogP contribution >= 0.6 is 0 Å². The Morgan fingerprint density at radius 3 is 2.78 bits per heavy atom. The predicted molar refractivity (Wildman–Crippen MR) is 63.4 cm³/mol. The third kappa shape index (κ3) is 2.63. The predicted octanol–water partition coefficient (Wildman–Crippen LogP) is 2.34. The first-order chi connectivity index (χ1) is 8.52. The summed E-state index contributed by atoms with van der Waals surface area (Å²) in [6.07, 6.45) is 0. The number of nitrogens with zero attached hydrogens (tertiary/aromatic N) is 2. The van der Waals surface area contributed by atoms with Crippen LogP contribution in [-0.4, -0.2) is 17.3 Å². The highest BCUT2D eigenvalue weighted by molar-refractivity contribution is 6.02. The number of hydrogen-bond acceptors (Lipinski definition) is 5. The summed E-state index contributed by atoms with van der Waals surface area (Å²) in [6.45, 7) is 3.31. The average molecular weight is 248 g/mol. The first-order valence-corrected chi connectivity index (χ1v) is 5.37. The molecule has 1 aromatic carbocycles. The average Bonchev–Trinajstić information content (AvgIpc) is 2.37. The van der Waals surface area contributed by atoms with E-state index in [1.165, 1.54) is 25.1 Å². The number of Topliss-reactive ketones (excluding diaryl/α,β-unsaturated/α-hetero) is 1. The van der Waals surface area contributed by atoms with E-state index < -0.39 is 16.6 Å². The van der Waals surface area contributed by atoms with Crippen LogP contribution < -0.4 is 4.74 Å². The number of para-hydroxylation sites is 1. The molecule has 6 heteroatoms. The number of rotatable bonds is 5. The normalized spacial score (nSPS) is 11.4. The Hall–Kier alpha value is -2.42. The van der Waals surface area contributed by atoms with Crippen molar-refractivity contribution in [1.29, 1.82) is 5.26 Å². The number of carbonyl (C=O) groups excluding carboxylic acids is 1. The first kappa shape index (κ1) is 13.6. The van der Waals surface area contributed by atoms with Gasteiger partial charge in [-0.1, -0.05) is 6.07 Å². The first-order valence-electron chi connectivity index (χ1n) is 5.37. The molecule has 6 nitrogen and oxygen atoms in total. The number of nitro benzene ring substituents is 1. The fourth-order valence-corrected chi connectivity index (χ4v) is 1.45. The summed E-state index contributed by atoms with van der Waals surface area (Å²) in [6, 6.07) is 5.89. The van der Waals surface area contributed by atoms with Gasteiger partial charge in [-0.2, -0.15) is 5.26 Å². The maximum atomic E-state index is 11.9. The molecule has 1 rings (SSSR count). The van der Waals surface area contributed by atoms with E-state index in [1.807, 2.05) is 0 Å². The fourth-order valence-electron chi connectivity index (χ4n) is 1.45. The highest BCUT2D eigenvalue weighted by atomic mass is 16.6. The van der Waals surface area contributed by atoms with Crippen molar-refractivity contribution in [3.63, 3.8) is 0 Å². The molecule has 0 aromatic heterocycles. The van der Waals surface area contributed by atoms with Gasteiger partial charge in [-0.05, 0) is 19.9 Å². The van der Waals surface area contributed by atoms with Gasteiger partial charge >= 0.3 is 5.69 Å². The molecule has 1 aromatic rings. The van der Waals surface area contributed by atoms with Crippen molar-refractivity contribution in [2.24, 2.45) is 5.92 Å². The monoisotopic (exact) mass is 248 g/mol. The quantitative estimate of drug-likeness (QED) is 0.453. The molecule has 0 fully saturated rings. The number of nitriles is 1. The minimum atomic E-state index is -0.869.